The molecule has 6 heteroatoms. The number of carbonyl (C=O) groups is 2. The van der Waals surface area contributed by atoms with Gasteiger partial charge in [-0.05, 0) is 54.9 Å². The van der Waals surface area contributed by atoms with Crippen LogP contribution in [0.2, 0.25) is 5.02 Å². The van der Waals surface area contributed by atoms with Crippen molar-refractivity contribution in [3.63, 3.8) is 0 Å². The molecule has 1 atom stereocenters. The number of carbonyl (C=O) groups excluding carboxylic acids is 2. The van der Waals surface area contributed by atoms with E-state index in [1.165, 1.54) is 15.4 Å². The molecule has 0 unspecified atom stereocenters. The smallest absolute Gasteiger partial charge is 0.319 e. The van der Waals surface area contributed by atoms with Crippen molar-refractivity contribution in [2.24, 2.45) is 5.92 Å². The first-order chi connectivity index (χ1) is 14.5. The summed E-state index contributed by atoms with van der Waals surface area (Å²) in [5, 5.41) is 3.52. The number of benzene rings is 2. The Kier molecular flexibility index (Phi) is 6.11. The van der Waals surface area contributed by atoms with Crippen LogP contribution in [0.25, 0.3) is 0 Å². The number of amides is 3. The van der Waals surface area contributed by atoms with Crippen LogP contribution < -0.4 is 10.2 Å². The van der Waals surface area contributed by atoms with Crippen molar-refractivity contribution in [2.45, 2.75) is 38.1 Å². The zero-order valence-electron chi connectivity index (χ0n) is 17.4. The lowest BCUT2D eigenvalue weighted by molar-refractivity contribution is -0.913. The van der Waals surface area contributed by atoms with E-state index < -0.39 is 5.54 Å². The number of rotatable bonds is 6. The standard InChI is InChI=1S/C24H28ClN3O2/c1-2-24(20-9-6-10-21(25)16-20)22(29)28(23(30)26-24)17-27-13-11-19(12-14-27)15-18-7-4-3-5-8-18/h3-10,16,19H,2,11-15,17H2,1H3,(H,26,30)/p+1/t24-/m0/s1. The van der Waals surface area contributed by atoms with Gasteiger partial charge >= 0.3 is 6.03 Å². The van der Waals surface area contributed by atoms with Gasteiger partial charge in [0.25, 0.3) is 5.91 Å². The molecule has 2 saturated heterocycles. The van der Waals surface area contributed by atoms with E-state index in [1.54, 1.807) is 12.1 Å². The van der Waals surface area contributed by atoms with Crippen LogP contribution in [-0.4, -0.2) is 36.6 Å². The number of likely N-dealkylation sites (tertiary alicyclic amines) is 1. The highest BCUT2D eigenvalue weighted by Crippen LogP contribution is 2.33. The van der Waals surface area contributed by atoms with Crippen LogP contribution in [0.15, 0.2) is 54.6 Å². The maximum Gasteiger partial charge on any atom is 0.329 e. The molecule has 2 aromatic rings. The first kappa shape index (κ1) is 20.9. The molecular formula is C24H29ClN3O2+. The van der Waals surface area contributed by atoms with Crippen molar-refractivity contribution in [1.29, 1.82) is 0 Å². The summed E-state index contributed by atoms with van der Waals surface area (Å²) in [6.45, 7) is 4.30. The Hall–Kier alpha value is -2.37. The number of piperidine rings is 1. The molecule has 30 heavy (non-hydrogen) atoms. The quantitative estimate of drug-likeness (QED) is 0.698. The minimum absolute atomic E-state index is 0.170. The predicted molar refractivity (Wildman–Crippen MR) is 117 cm³/mol. The Morgan fingerprint density at radius 2 is 1.83 bits per heavy atom. The normalized spacial score (nSPS) is 26.7. The maximum atomic E-state index is 13.3. The number of hydrogen-bond acceptors (Lipinski definition) is 2. The van der Waals surface area contributed by atoms with Gasteiger partial charge in [0, 0.05) is 5.02 Å². The van der Waals surface area contributed by atoms with Crippen LogP contribution in [0, 0.1) is 5.92 Å². The third-order valence-corrected chi connectivity index (χ3v) is 6.82. The highest BCUT2D eigenvalue weighted by atomic mass is 35.5. The van der Waals surface area contributed by atoms with Crippen LogP contribution in [0.3, 0.4) is 0 Å². The largest absolute Gasteiger partial charge is 0.329 e. The monoisotopic (exact) mass is 426 g/mol. The highest BCUT2D eigenvalue weighted by molar-refractivity contribution is 6.30. The summed E-state index contributed by atoms with van der Waals surface area (Å²) >= 11 is 6.15. The zero-order valence-corrected chi connectivity index (χ0v) is 18.1. The third kappa shape index (κ3) is 4.09. The molecular weight excluding hydrogens is 398 g/mol. The number of halogens is 1. The second kappa shape index (κ2) is 8.78. The molecule has 158 valence electrons. The summed E-state index contributed by atoms with van der Waals surface area (Å²) < 4.78 is 0. The van der Waals surface area contributed by atoms with E-state index in [0.717, 1.165) is 37.9 Å². The predicted octanol–water partition coefficient (Wildman–Crippen LogP) is 2.99. The van der Waals surface area contributed by atoms with Crippen LogP contribution >= 0.6 is 11.6 Å². The van der Waals surface area contributed by atoms with Gasteiger partial charge in [0.2, 0.25) is 0 Å². The Morgan fingerprint density at radius 1 is 1.10 bits per heavy atom. The van der Waals surface area contributed by atoms with Gasteiger partial charge in [0.05, 0.1) is 13.1 Å². The first-order valence-corrected chi connectivity index (χ1v) is 11.2. The number of urea groups is 1. The number of nitrogens with zero attached hydrogens (tertiary/aromatic N) is 1. The molecule has 2 heterocycles. The van der Waals surface area contributed by atoms with E-state index in [2.05, 4.69) is 29.6 Å². The van der Waals surface area contributed by atoms with Gasteiger partial charge in [0.1, 0.15) is 5.54 Å². The molecule has 2 aliphatic rings. The van der Waals surface area contributed by atoms with E-state index in [9.17, 15) is 9.59 Å². The minimum Gasteiger partial charge on any atom is -0.319 e. The molecule has 4 rings (SSSR count). The summed E-state index contributed by atoms with van der Waals surface area (Å²) in [7, 11) is 0. The van der Waals surface area contributed by atoms with Gasteiger partial charge in [-0.3, -0.25) is 4.79 Å². The summed E-state index contributed by atoms with van der Waals surface area (Å²) in [5.41, 5.74) is 1.11. The lowest BCUT2D eigenvalue weighted by Gasteiger charge is -2.31. The van der Waals surface area contributed by atoms with E-state index in [1.807, 2.05) is 25.1 Å². The second-order valence-electron chi connectivity index (χ2n) is 8.47. The summed E-state index contributed by atoms with van der Waals surface area (Å²) in [6, 6.07) is 17.5. The van der Waals surface area contributed by atoms with Gasteiger partial charge in [-0.2, -0.15) is 0 Å². The van der Waals surface area contributed by atoms with Gasteiger partial charge in [-0.25, -0.2) is 9.69 Å². The molecule has 5 nitrogen and oxygen atoms in total. The van der Waals surface area contributed by atoms with Crippen molar-refractivity contribution in [3.05, 3.63) is 70.7 Å². The topological polar surface area (TPSA) is 53.9 Å². The summed E-state index contributed by atoms with van der Waals surface area (Å²) in [6.07, 6.45) is 3.82. The van der Waals surface area contributed by atoms with E-state index in [-0.39, 0.29) is 11.9 Å². The molecule has 0 aromatic heterocycles. The molecule has 0 aliphatic carbocycles. The summed E-state index contributed by atoms with van der Waals surface area (Å²) in [5.74, 6) is 0.497. The zero-order chi connectivity index (χ0) is 21.1. The highest BCUT2D eigenvalue weighted by Gasteiger charge is 2.52. The molecule has 2 aliphatic heterocycles. The Bertz CT molecular complexity index is 912. The van der Waals surface area contributed by atoms with Crippen molar-refractivity contribution >= 4 is 23.5 Å². The van der Waals surface area contributed by atoms with Gasteiger partial charge in [-0.1, -0.05) is 61.0 Å². The molecule has 2 aromatic carbocycles. The molecule has 0 saturated carbocycles. The number of hydrogen-bond donors (Lipinski definition) is 2. The molecule has 2 fully saturated rings. The Balaban J connectivity index is 1.39. The average molecular weight is 427 g/mol. The maximum absolute atomic E-state index is 13.3. The fourth-order valence-corrected chi connectivity index (χ4v) is 4.97. The lowest BCUT2D eigenvalue weighted by atomic mass is 9.87. The number of quaternary nitrogens is 1. The van der Waals surface area contributed by atoms with Crippen LogP contribution in [0.5, 0.6) is 0 Å². The van der Waals surface area contributed by atoms with Crippen LogP contribution in [0.4, 0.5) is 4.79 Å². The molecule has 0 bridgehead atoms. The minimum atomic E-state index is -1.02. The second-order valence-corrected chi connectivity index (χ2v) is 8.91. The first-order valence-electron chi connectivity index (χ1n) is 10.8. The van der Waals surface area contributed by atoms with Gasteiger partial charge in [-0.15, -0.1) is 0 Å². The third-order valence-electron chi connectivity index (χ3n) is 6.58. The summed E-state index contributed by atoms with van der Waals surface area (Å²) in [4.78, 5) is 28.8. The van der Waals surface area contributed by atoms with Crippen molar-refractivity contribution in [1.82, 2.24) is 10.2 Å². The molecule has 0 spiro atoms. The van der Waals surface area contributed by atoms with Gasteiger partial charge in [0.15, 0.2) is 6.67 Å². The SMILES string of the molecule is CC[C@@]1(c2cccc(Cl)c2)NC(=O)N(C[NH+]2CCC(Cc3ccccc3)CC2)C1=O. The van der Waals surface area contributed by atoms with Gasteiger partial charge < -0.3 is 10.2 Å². The fourth-order valence-electron chi connectivity index (χ4n) is 4.78. The van der Waals surface area contributed by atoms with E-state index in [4.69, 9.17) is 11.6 Å². The van der Waals surface area contributed by atoms with E-state index >= 15 is 0 Å². The molecule has 2 N–H and O–H groups in total. The average Bonchev–Trinajstić information content (AvgIpc) is 3.01. The Labute approximate surface area is 183 Å². The van der Waals surface area contributed by atoms with Crippen molar-refractivity contribution < 1.29 is 14.5 Å². The van der Waals surface area contributed by atoms with E-state index in [0.29, 0.717) is 24.0 Å². The molecule has 3 amide bonds. The van der Waals surface area contributed by atoms with Crippen molar-refractivity contribution in [3.8, 4) is 0 Å². The fraction of sp³-hybridized carbons (Fsp3) is 0.417. The number of imide groups is 1. The lowest BCUT2D eigenvalue weighted by Crippen LogP contribution is -3.14. The Morgan fingerprint density at radius 3 is 2.50 bits per heavy atom. The van der Waals surface area contributed by atoms with Crippen LogP contribution in [0.1, 0.15) is 37.3 Å². The van der Waals surface area contributed by atoms with Crippen LogP contribution in [-0.2, 0) is 16.8 Å². The van der Waals surface area contributed by atoms with Crippen molar-refractivity contribution in [2.75, 3.05) is 19.8 Å². The number of nitrogens with one attached hydrogen (secondary N) is 2. The molecule has 0 radical (unpaired) electrons.